The van der Waals surface area contributed by atoms with E-state index in [-0.39, 0.29) is 5.56 Å². The van der Waals surface area contributed by atoms with E-state index in [9.17, 15) is 4.79 Å². The van der Waals surface area contributed by atoms with E-state index in [1.165, 1.54) is 0 Å². The molecule has 4 nitrogen and oxygen atoms in total. The molecule has 0 atom stereocenters. The average molecular weight is 241 g/mol. The Morgan fingerprint density at radius 3 is 3.06 bits per heavy atom. The summed E-state index contributed by atoms with van der Waals surface area (Å²) in [6.07, 6.45) is 7.49. The van der Waals surface area contributed by atoms with Crippen LogP contribution in [0.3, 0.4) is 0 Å². The van der Waals surface area contributed by atoms with E-state index in [2.05, 4.69) is 23.5 Å². The number of aromatic nitrogens is 2. The molecule has 1 heterocycles. The number of thioether (sulfide) groups is 1. The summed E-state index contributed by atoms with van der Waals surface area (Å²) >= 11 is 1.81. The van der Waals surface area contributed by atoms with Crippen LogP contribution < -0.4 is 10.9 Å². The zero-order valence-electron chi connectivity index (χ0n) is 9.90. The number of nitrogens with zero attached hydrogens (tertiary/aromatic N) is 2. The van der Waals surface area contributed by atoms with Gasteiger partial charge < -0.3 is 9.88 Å². The van der Waals surface area contributed by atoms with E-state index in [1.807, 2.05) is 11.8 Å². The van der Waals surface area contributed by atoms with Gasteiger partial charge in [0.1, 0.15) is 0 Å². The normalized spacial score (nSPS) is 10.4. The van der Waals surface area contributed by atoms with Crippen LogP contribution >= 0.6 is 11.8 Å². The summed E-state index contributed by atoms with van der Waals surface area (Å²) in [6.45, 7) is 3.61. The summed E-state index contributed by atoms with van der Waals surface area (Å²) in [5, 5.41) is 3.09. The molecule has 0 aliphatic rings. The Morgan fingerprint density at radius 2 is 2.38 bits per heavy atom. The van der Waals surface area contributed by atoms with Crippen LogP contribution in [-0.4, -0.2) is 28.1 Å². The molecule has 0 spiro atoms. The lowest BCUT2D eigenvalue weighted by Gasteiger charge is -2.07. The van der Waals surface area contributed by atoms with Crippen molar-refractivity contribution in [3.63, 3.8) is 0 Å². The molecule has 0 saturated heterocycles. The second kappa shape index (κ2) is 7.33. The first-order valence-electron chi connectivity index (χ1n) is 5.57. The van der Waals surface area contributed by atoms with Gasteiger partial charge in [-0.05, 0) is 24.9 Å². The highest BCUT2D eigenvalue weighted by molar-refractivity contribution is 7.98. The minimum absolute atomic E-state index is 0.0199. The molecule has 5 heteroatoms. The third-order valence-electron chi connectivity index (χ3n) is 2.20. The highest BCUT2D eigenvalue weighted by atomic mass is 32.2. The first kappa shape index (κ1) is 13.1. The van der Waals surface area contributed by atoms with Gasteiger partial charge in [0, 0.05) is 25.5 Å². The molecule has 0 radical (unpaired) electrons. The average Bonchev–Trinajstić information content (AvgIpc) is 2.29. The molecule has 1 aromatic heterocycles. The maximum absolute atomic E-state index is 11.9. The summed E-state index contributed by atoms with van der Waals surface area (Å²) in [7, 11) is 0. The van der Waals surface area contributed by atoms with Crippen LogP contribution in [0.15, 0.2) is 17.2 Å². The van der Waals surface area contributed by atoms with E-state index < -0.39 is 0 Å². The van der Waals surface area contributed by atoms with E-state index in [1.54, 1.807) is 17.0 Å². The fourth-order valence-corrected chi connectivity index (χ4v) is 1.84. The fourth-order valence-electron chi connectivity index (χ4n) is 1.41. The van der Waals surface area contributed by atoms with Gasteiger partial charge in [0.2, 0.25) is 0 Å². The maximum atomic E-state index is 11.9. The summed E-state index contributed by atoms with van der Waals surface area (Å²) in [5.41, 5.74) is -0.0199. The van der Waals surface area contributed by atoms with Crippen molar-refractivity contribution in [2.24, 2.45) is 0 Å². The van der Waals surface area contributed by atoms with E-state index in [0.29, 0.717) is 5.82 Å². The first-order chi connectivity index (χ1) is 7.79. The van der Waals surface area contributed by atoms with Crippen LogP contribution in [0.25, 0.3) is 0 Å². The van der Waals surface area contributed by atoms with Crippen LogP contribution in [0.2, 0.25) is 0 Å². The van der Waals surface area contributed by atoms with Crippen molar-refractivity contribution in [1.82, 2.24) is 9.55 Å². The molecular formula is C11H19N3OS. The molecular weight excluding hydrogens is 222 g/mol. The molecule has 0 bridgehead atoms. The van der Waals surface area contributed by atoms with E-state index in [4.69, 9.17) is 0 Å². The molecule has 0 aliphatic heterocycles. The smallest absolute Gasteiger partial charge is 0.293 e. The molecule has 1 N–H and O–H groups in total. The van der Waals surface area contributed by atoms with E-state index in [0.717, 1.165) is 31.7 Å². The maximum Gasteiger partial charge on any atom is 0.293 e. The number of anilines is 1. The van der Waals surface area contributed by atoms with E-state index >= 15 is 0 Å². The van der Waals surface area contributed by atoms with Crippen molar-refractivity contribution in [3.05, 3.63) is 22.7 Å². The van der Waals surface area contributed by atoms with Crippen molar-refractivity contribution in [2.75, 3.05) is 23.9 Å². The number of rotatable bonds is 7. The Kier molecular flexibility index (Phi) is 6.00. The molecule has 0 amide bonds. The lowest BCUT2D eigenvalue weighted by atomic mass is 10.4. The van der Waals surface area contributed by atoms with Crippen molar-refractivity contribution < 1.29 is 0 Å². The highest BCUT2D eigenvalue weighted by Crippen LogP contribution is 1.98. The summed E-state index contributed by atoms with van der Waals surface area (Å²) in [6, 6.07) is 0. The van der Waals surface area contributed by atoms with Crippen LogP contribution in [0, 0.1) is 0 Å². The molecule has 16 heavy (non-hydrogen) atoms. The molecule has 1 aromatic rings. The van der Waals surface area contributed by atoms with Gasteiger partial charge in [-0.3, -0.25) is 4.79 Å². The van der Waals surface area contributed by atoms with Gasteiger partial charge in [-0.2, -0.15) is 11.8 Å². The van der Waals surface area contributed by atoms with Gasteiger partial charge >= 0.3 is 0 Å². The number of hydrogen-bond donors (Lipinski definition) is 1. The molecule has 90 valence electrons. The van der Waals surface area contributed by atoms with Crippen LogP contribution in [0.5, 0.6) is 0 Å². The second-order valence-electron chi connectivity index (χ2n) is 3.55. The topological polar surface area (TPSA) is 46.9 Å². The van der Waals surface area contributed by atoms with Crippen molar-refractivity contribution in [1.29, 1.82) is 0 Å². The van der Waals surface area contributed by atoms with Gasteiger partial charge in [0.15, 0.2) is 5.82 Å². The fraction of sp³-hybridized carbons (Fsp3) is 0.636. The van der Waals surface area contributed by atoms with Crippen molar-refractivity contribution in [3.8, 4) is 0 Å². The molecule has 0 unspecified atom stereocenters. The number of nitrogens with one attached hydrogen (secondary N) is 1. The van der Waals surface area contributed by atoms with Gasteiger partial charge in [0.25, 0.3) is 5.56 Å². The first-order valence-corrected chi connectivity index (χ1v) is 6.97. The zero-order valence-corrected chi connectivity index (χ0v) is 10.7. The quantitative estimate of drug-likeness (QED) is 0.740. The van der Waals surface area contributed by atoms with Gasteiger partial charge in [0.05, 0.1) is 0 Å². The number of hydrogen-bond acceptors (Lipinski definition) is 4. The largest absolute Gasteiger partial charge is 0.365 e. The Bertz CT molecular complexity index is 364. The van der Waals surface area contributed by atoms with Crippen LogP contribution in [0.1, 0.15) is 19.8 Å². The number of aryl methyl sites for hydroxylation is 1. The molecule has 0 saturated carbocycles. The second-order valence-corrected chi connectivity index (χ2v) is 4.53. The molecule has 0 aromatic carbocycles. The highest BCUT2D eigenvalue weighted by Gasteiger charge is 2.02. The lowest BCUT2D eigenvalue weighted by Crippen LogP contribution is -2.24. The van der Waals surface area contributed by atoms with Gasteiger partial charge in [-0.25, -0.2) is 4.98 Å². The van der Waals surface area contributed by atoms with Crippen LogP contribution in [-0.2, 0) is 6.54 Å². The standard InChI is InChI=1S/C11H19N3OS/c1-3-7-14-8-6-13-10(11(14)15)12-5-4-9-16-2/h6,8H,3-5,7,9H2,1-2H3,(H,12,13). The predicted octanol–water partition coefficient (Wildman–Crippen LogP) is 1.82. The minimum atomic E-state index is -0.0199. The summed E-state index contributed by atoms with van der Waals surface area (Å²) in [4.78, 5) is 15.9. The Morgan fingerprint density at radius 1 is 1.56 bits per heavy atom. The Labute approximate surface area is 100 Å². The Balaban J connectivity index is 2.59. The predicted molar refractivity (Wildman–Crippen MR) is 70.3 cm³/mol. The third kappa shape index (κ3) is 3.89. The zero-order chi connectivity index (χ0) is 11.8. The summed E-state index contributed by atoms with van der Waals surface area (Å²) in [5.74, 6) is 1.57. The van der Waals surface area contributed by atoms with Crippen molar-refractivity contribution >= 4 is 17.6 Å². The summed E-state index contributed by atoms with van der Waals surface area (Å²) < 4.78 is 1.70. The minimum Gasteiger partial charge on any atom is -0.365 e. The lowest BCUT2D eigenvalue weighted by molar-refractivity contribution is 0.649. The SMILES string of the molecule is CCCn1ccnc(NCCCSC)c1=O. The van der Waals surface area contributed by atoms with Crippen LogP contribution in [0.4, 0.5) is 5.82 Å². The molecule has 0 fully saturated rings. The Hall–Kier alpha value is -0.970. The van der Waals surface area contributed by atoms with Crippen molar-refractivity contribution in [2.45, 2.75) is 26.3 Å². The van der Waals surface area contributed by atoms with Gasteiger partial charge in [-0.15, -0.1) is 0 Å². The van der Waals surface area contributed by atoms with Gasteiger partial charge in [-0.1, -0.05) is 6.92 Å². The monoisotopic (exact) mass is 241 g/mol. The third-order valence-corrected chi connectivity index (χ3v) is 2.89. The molecule has 0 aliphatic carbocycles. The molecule has 1 rings (SSSR count).